The van der Waals surface area contributed by atoms with E-state index < -0.39 is 12.0 Å². The number of primary amides is 1. The highest BCUT2D eigenvalue weighted by atomic mass is 16.5. The second-order valence-electron chi connectivity index (χ2n) is 4.60. The maximum atomic E-state index is 11.2. The number of carbonyl (C=O) groups is 1. The smallest absolute Gasteiger partial charge is 0.258 e. The van der Waals surface area contributed by atoms with Crippen molar-refractivity contribution in [2.45, 2.75) is 26.4 Å². The standard InChI is InChI=1S/C16H16N2O2/c1-4-11-7-12-8-13(20-14(5-2)16(17)19)6-10(3)15(12)18-9-11/h1,6-9,14H,5H2,2-3H3,(H2,17,19). The van der Waals surface area contributed by atoms with Crippen molar-refractivity contribution < 1.29 is 9.53 Å². The van der Waals surface area contributed by atoms with E-state index in [1.807, 2.05) is 32.0 Å². The van der Waals surface area contributed by atoms with E-state index in [0.717, 1.165) is 16.5 Å². The number of hydrogen-bond donors (Lipinski definition) is 1. The number of nitrogens with zero attached hydrogens (tertiary/aromatic N) is 1. The third-order valence-corrected chi connectivity index (χ3v) is 3.08. The van der Waals surface area contributed by atoms with Crippen molar-refractivity contribution in [2.24, 2.45) is 5.73 Å². The van der Waals surface area contributed by atoms with Crippen LogP contribution in [0.25, 0.3) is 10.9 Å². The molecule has 2 aromatic rings. The molecular formula is C16H16N2O2. The van der Waals surface area contributed by atoms with Crippen LogP contribution in [0.2, 0.25) is 0 Å². The number of terminal acetylenes is 1. The van der Waals surface area contributed by atoms with E-state index >= 15 is 0 Å². The first kappa shape index (κ1) is 13.9. The number of rotatable bonds is 4. The van der Waals surface area contributed by atoms with Crippen LogP contribution in [-0.4, -0.2) is 17.0 Å². The Hall–Kier alpha value is -2.54. The number of aryl methyl sites for hydroxylation is 1. The van der Waals surface area contributed by atoms with Crippen LogP contribution in [0.15, 0.2) is 24.4 Å². The van der Waals surface area contributed by atoms with Crippen molar-refractivity contribution in [1.29, 1.82) is 0 Å². The van der Waals surface area contributed by atoms with Crippen molar-refractivity contribution in [3.05, 3.63) is 35.5 Å². The van der Waals surface area contributed by atoms with Gasteiger partial charge >= 0.3 is 0 Å². The Kier molecular flexibility index (Phi) is 3.90. The van der Waals surface area contributed by atoms with Gasteiger partial charge in [-0.25, -0.2) is 0 Å². The molecule has 1 atom stereocenters. The van der Waals surface area contributed by atoms with Gasteiger partial charge in [0.1, 0.15) is 5.75 Å². The number of fused-ring (bicyclic) bond motifs is 1. The fourth-order valence-corrected chi connectivity index (χ4v) is 2.05. The number of ether oxygens (including phenoxy) is 1. The molecule has 0 aliphatic heterocycles. The fraction of sp³-hybridized carbons (Fsp3) is 0.250. The first-order valence-corrected chi connectivity index (χ1v) is 6.38. The van der Waals surface area contributed by atoms with Crippen LogP contribution >= 0.6 is 0 Å². The molecule has 0 saturated heterocycles. The molecule has 1 amide bonds. The largest absolute Gasteiger partial charge is 0.481 e. The van der Waals surface area contributed by atoms with E-state index in [-0.39, 0.29) is 0 Å². The molecule has 0 bridgehead atoms. The molecule has 0 radical (unpaired) electrons. The summed E-state index contributed by atoms with van der Waals surface area (Å²) in [5, 5.41) is 0.884. The molecule has 4 heteroatoms. The average Bonchev–Trinajstić information content (AvgIpc) is 2.43. The first-order valence-electron chi connectivity index (χ1n) is 6.38. The maximum absolute atomic E-state index is 11.2. The minimum atomic E-state index is -0.629. The van der Waals surface area contributed by atoms with E-state index in [9.17, 15) is 4.79 Å². The van der Waals surface area contributed by atoms with Gasteiger partial charge in [0.2, 0.25) is 0 Å². The summed E-state index contributed by atoms with van der Waals surface area (Å²) < 4.78 is 5.63. The zero-order valence-electron chi connectivity index (χ0n) is 11.5. The molecule has 0 saturated carbocycles. The Morgan fingerprint density at radius 2 is 2.25 bits per heavy atom. The highest BCUT2D eigenvalue weighted by Gasteiger charge is 2.15. The third-order valence-electron chi connectivity index (χ3n) is 3.08. The van der Waals surface area contributed by atoms with Crippen molar-refractivity contribution in [3.63, 3.8) is 0 Å². The van der Waals surface area contributed by atoms with Gasteiger partial charge < -0.3 is 10.5 Å². The summed E-state index contributed by atoms with van der Waals surface area (Å²) in [4.78, 5) is 15.6. The summed E-state index contributed by atoms with van der Waals surface area (Å²) in [6.07, 6.45) is 6.93. The molecule has 102 valence electrons. The van der Waals surface area contributed by atoms with Crippen LogP contribution in [0.3, 0.4) is 0 Å². The number of pyridine rings is 1. The maximum Gasteiger partial charge on any atom is 0.258 e. The lowest BCUT2D eigenvalue weighted by Gasteiger charge is -2.15. The van der Waals surface area contributed by atoms with Gasteiger partial charge in [0.25, 0.3) is 5.91 Å². The van der Waals surface area contributed by atoms with Gasteiger partial charge in [-0.2, -0.15) is 0 Å². The second-order valence-corrected chi connectivity index (χ2v) is 4.60. The van der Waals surface area contributed by atoms with Crippen LogP contribution in [0, 0.1) is 19.3 Å². The molecule has 0 spiro atoms. The van der Waals surface area contributed by atoms with Gasteiger partial charge in [-0.15, -0.1) is 6.42 Å². The summed E-state index contributed by atoms with van der Waals surface area (Å²) in [5.74, 6) is 2.67. The molecule has 1 aromatic heterocycles. The zero-order chi connectivity index (χ0) is 14.7. The average molecular weight is 268 g/mol. The van der Waals surface area contributed by atoms with Gasteiger partial charge in [0.05, 0.1) is 5.52 Å². The Morgan fingerprint density at radius 3 is 2.85 bits per heavy atom. The van der Waals surface area contributed by atoms with Crippen molar-refractivity contribution in [2.75, 3.05) is 0 Å². The monoisotopic (exact) mass is 268 g/mol. The van der Waals surface area contributed by atoms with E-state index in [1.165, 1.54) is 0 Å². The number of carbonyl (C=O) groups excluding carboxylic acids is 1. The van der Waals surface area contributed by atoms with Crippen LogP contribution in [-0.2, 0) is 4.79 Å². The highest BCUT2D eigenvalue weighted by molar-refractivity contribution is 5.84. The number of hydrogen-bond acceptors (Lipinski definition) is 3. The number of amides is 1. The van der Waals surface area contributed by atoms with Crippen LogP contribution in [0.1, 0.15) is 24.5 Å². The van der Waals surface area contributed by atoms with E-state index in [1.54, 1.807) is 6.20 Å². The van der Waals surface area contributed by atoms with Gasteiger partial charge in [-0.1, -0.05) is 12.8 Å². The van der Waals surface area contributed by atoms with Crippen molar-refractivity contribution in [3.8, 4) is 18.1 Å². The zero-order valence-corrected chi connectivity index (χ0v) is 11.5. The highest BCUT2D eigenvalue weighted by Crippen LogP contribution is 2.25. The molecule has 20 heavy (non-hydrogen) atoms. The number of aromatic nitrogens is 1. The van der Waals surface area contributed by atoms with Gasteiger partial charge in [-0.05, 0) is 37.1 Å². The summed E-state index contributed by atoms with van der Waals surface area (Å²) in [6.45, 7) is 3.78. The molecule has 1 heterocycles. The lowest BCUT2D eigenvalue weighted by Crippen LogP contribution is -2.32. The molecular weight excluding hydrogens is 252 g/mol. The summed E-state index contributed by atoms with van der Waals surface area (Å²) in [5.41, 5.74) is 7.82. The number of nitrogens with two attached hydrogens (primary N) is 1. The third kappa shape index (κ3) is 2.72. The molecule has 0 fully saturated rings. The Labute approximate surface area is 118 Å². The Balaban J connectivity index is 2.45. The minimum absolute atomic E-state index is 0.472. The van der Waals surface area contributed by atoms with Crippen LogP contribution in [0.5, 0.6) is 5.75 Å². The lowest BCUT2D eigenvalue weighted by molar-refractivity contribution is -0.124. The number of benzene rings is 1. The lowest BCUT2D eigenvalue weighted by atomic mass is 10.1. The summed E-state index contributed by atoms with van der Waals surface area (Å²) >= 11 is 0. The Morgan fingerprint density at radius 1 is 1.50 bits per heavy atom. The molecule has 0 aliphatic rings. The topological polar surface area (TPSA) is 65.2 Å². The van der Waals surface area contributed by atoms with E-state index in [4.69, 9.17) is 16.9 Å². The van der Waals surface area contributed by atoms with Gasteiger partial charge in [-0.3, -0.25) is 9.78 Å². The molecule has 4 nitrogen and oxygen atoms in total. The first-order chi connectivity index (χ1) is 9.55. The quantitative estimate of drug-likeness (QED) is 0.864. The predicted octanol–water partition coefficient (Wildman–Crippen LogP) is 2.17. The van der Waals surface area contributed by atoms with Gasteiger partial charge in [0, 0.05) is 17.1 Å². The van der Waals surface area contributed by atoms with Crippen LogP contribution in [0.4, 0.5) is 0 Å². The normalized spacial score (nSPS) is 11.8. The molecule has 2 N–H and O–H groups in total. The van der Waals surface area contributed by atoms with E-state index in [2.05, 4.69) is 10.9 Å². The van der Waals surface area contributed by atoms with Crippen molar-refractivity contribution in [1.82, 2.24) is 4.98 Å². The molecule has 1 aromatic carbocycles. The summed E-state index contributed by atoms with van der Waals surface area (Å²) in [6, 6.07) is 5.53. The molecule has 0 aliphatic carbocycles. The summed E-state index contributed by atoms with van der Waals surface area (Å²) in [7, 11) is 0. The molecule has 2 rings (SSSR count). The SMILES string of the molecule is C#Cc1cnc2c(C)cc(OC(CC)C(N)=O)cc2c1. The van der Waals surface area contributed by atoms with E-state index in [0.29, 0.717) is 17.7 Å². The molecule has 1 unspecified atom stereocenters. The van der Waals surface area contributed by atoms with Gasteiger partial charge in [0.15, 0.2) is 6.10 Å². The fourth-order valence-electron chi connectivity index (χ4n) is 2.05. The predicted molar refractivity (Wildman–Crippen MR) is 78.3 cm³/mol. The second kappa shape index (κ2) is 5.62. The van der Waals surface area contributed by atoms with Crippen LogP contribution < -0.4 is 10.5 Å². The minimum Gasteiger partial charge on any atom is -0.481 e. The Bertz CT molecular complexity index is 701. The van der Waals surface area contributed by atoms with Crippen molar-refractivity contribution >= 4 is 16.8 Å².